The van der Waals surface area contributed by atoms with Crippen molar-refractivity contribution in [1.82, 2.24) is 0 Å². The first-order valence-corrected chi connectivity index (χ1v) is 11.5. The van der Waals surface area contributed by atoms with Gasteiger partial charge in [0.25, 0.3) is 0 Å². The van der Waals surface area contributed by atoms with Crippen molar-refractivity contribution in [3.05, 3.63) is 134 Å². The van der Waals surface area contributed by atoms with Crippen molar-refractivity contribution in [2.24, 2.45) is 16.3 Å². The van der Waals surface area contributed by atoms with E-state index in [1.165, 1.54) is 0 Å². The van der Waals surface area contributed by atoms with Gasteiger partial charge >= 0.3 is 0 Å². The highest BCUT2D eigenvalue weighted by molar-refractivity contribution is 6.14. The van der Waals surface area contributed by atoms with E-state index in [-0.39, 0.29) is 11.3 Å². The molecule has 1 unspecified atom stereocenters. The van der Waals surface area contributed by atoms with Gasteiger partial charge in [0.05, 0.1) is 0 Å². The summed E-state index contributed by atoms with van der Waals surface area (Å²) in [6.07, 6.45) is 21.2. The summed E-state index contributed by atoms with van der Waals surface area (Å²) in [5.74, 6) is 1.16. The van der Waals surface area contributed by atoms with E-state index in [1.54, 1.807) is 6.08 Å². The third-order valence-electron chi connectivity index (χ3n) is 5.46. The Kier molecular flexibility index (Phi) is 13.9. The molecule has 0 aromatic heterocycles. The van der Waals surface area contributed by atoms with Gasteiger partial charge < -0.3 is 4.74 Å². The van der Waals surface area contributed by atoms with Gasteiger partial charge in [-0.3, -0.25) is 4.99 Å². The quantitative estimate of drug-likeness (QED) is 0.110. The Morgan fingerprint density at radius 1 is 0.882 bits per heavy atom. The summed E-state index contributed by atoms with van der Waals surface area (Å²) in [4.78, 5) is 4.82. The fraction of sp³-hybridized carbons (Fsp3) is 0.281. The SMILES string of the molecule is C=CC(C)C(C)(C)\C=C/N=C(C(=C)OC(=C)/C=C\C)\C(\C=C/C(=C)/C=C\C)=C(/C)C(=C)/C=C\C. The van der Waals surface area contributed by atoms with Crippen LogP contribution in [0.1, 0.15) is 48.5 Å². The van der Waals surface area contributed by atoms with Crippen LogP contribution < -0.4 is 0 Å². The first kappa shape index (κ1) is 30.6. The lowest BCUT2D eigenvalue weighted by atomic mass is 9.80. The zero-order valence-electron chi connectivity index (χ0n) is 22.3. The average Bonchev–Trinajstić information content (AvgIpc) is 2.77. The first-order valence-electron chi connectivity index (χ1n) is 11.5. The van der Waals surface area contributed by atoms with Gasteiger partial charge in [-0.15, -0.1) is 6.58 Å². The first-order chi connectivity index (χ1) is 15.9. The van der Waals surface area contributed by atoms with Crippen molar-refractivity contribution in [3.8, 4) is 0 Å². The predicted molar refractivity (Wildman–Crippen MR) is 154 cm³/mol. The van der Waals surface area contributed by atoms with Crippen LogP contribution >= 0.6 is 0 Å². The van der Waals surface area contributed by atoms with Gasteiger partial charge in [-0.2, -0.15) is 0 Å². The van der Waals surface area contributed by atoms with E-state index in [2.05, 4.69) is 59.7 Å². The van der Waals surface area contributed by atoms with E-state index >= 15 is 0 Å². The summed E-state index contributed by atoms with van der Waals surface area (Å²) in [6.45, 7) is 34.6. The number of allylic oxidation sites excluding steroid dienone is 14. The van der Waals surface area contributed by atoms with Gasteiger partial charge in [0, 0.05) is 11.8 Å². The number of hydrogen-bond donors (Lipinski definition) is 0. The molecule has 0 heterocycles. The molecule has 0 rings (SSSR count). The van der Waals surface area contributed by atoms with E-state index in [4.69, 9.17) is 9.73 Å². The third kappa shape index (κ3) is 10.5. The zero-order valence-corrected chi connectivity index (χ0v) is 22.3. The highest BCUT2D eigenvalue weighted by atomic mass is 16.5. The van der Waals surface area contributed by atoms with Gasteiger partial charge in [-0.25, -0.2) is 0 Å². The van der Waals surface area contributed by atoms with Crippen molar-refractivity contribution in [2.45, 2.75) is 48.5 Å². The van der Waals surface area contributed by atoms with Gasteiger partial charge in [0.2, 0.25) is 0 Å². The fourth-order valence-electron chi connectivity index (χ4n) is 2.82. The summed E-state index contributed by atoms with van der Waals surface area (Å²) >= 11 is 0. The predicted octanol–water partition coefficient (Wildman–Crippen LogP) is 9.55. The Bertz CT molecular complexity index is 984. The molecular weight excluding hydrogens is 414 g/mol. The minimum absolute atomic E-state index is 0.114. The van der Waals surface area contributed by atoms with Crippen molar-refractivity contribution in [2.75, 3.05) is 0 Å². The smallest absolute Gasteiger partial charge is 0.146 e. The Balaban J connectivity index is 6.86. The van der Waals surface area contributed by atoms with E-state index in [9.17, 15) is 0 Å². The van der Waals surface area contributed by atoms with Crippen LogP contribution in [0.5, 0.6) is 0 Å². The molecule has 0 saturated carbocycles. The van der Waals surface area contributed by atoms with Crippen molar-refractivity contribution < 1.29 is 4.74 Å². The van der Waals surface area contributed by atoms with Crippen molar-refractivity contribution in [1.29, 1.82) is 0 Å². The molecule has 2 heteroatoms. The average molecular weight is 458 g/mol. The monoisotopic (exact) mass is 457 g/mol. The Labute approximate surface area is 208 Å². The summed E-state index contributed by atoms with van der Waals surface area (Å²) < 4.78 is 5.92. The normalized spacial score (nSPS) is 14.9. The molecule has 0 radical (unpaired) electrons. The molecule has 2 nitrogen and oxygen atoms in total. The number of rotatable bonds is 14. The van der Waals surface area contributed by atoms with Crippen LogP contribution in [0.3, 0.4) is 0 Å². The highest BCUT2D eigenvalue weighted by Gasteiger charge is 2.20. The molecular formula is C32H43NO. The second-order valence-corrected chi connectivity index (χ2v) is 8.60. The second kappa shape index (κ2) is 15.4. The fourth-order valence-corrected chi connectivity index (χ4v) is 2.82. The van der Waals surface area contributed by atoms with E-state index in [1.807, 2.05) is 82.5 Å². The van der Waals surface area contributed by atoms with Crippen LogP contribution in [-0.4, -0.2) is 5.71 Å². The van der Waals surface area contributed by atoms with Crippen LogP contribution in [-0.2, 0) is 4.74 Å². The largest absolute Gasteiger partial charge is 0.456 e. The van der Waals surface area contributed by atoms with Crippen LogP contribution in [0.4, 0.5) is 0 Å². The lowest BCUT2D eigenvalue weighted by molar-refractivity contribution is 0.348. The molecule has 0 aliphatic rings. The number of hydrogen-bond acceptors (Lipinski definition) is 2. The summed E-state index contributed by atoms with van der Waals surface area (Å²) in [5.41, 5.74) is 4.01. The molecule has 0 aromatic rings. The topological polar surface area (TPSA) is 21.6 Å². The third-order valence-corrected chi connectivity index (χ3v) is 5.46. The molecule has 0 aromatic carbocycles. The van der Waals surface area contributed by atoms with Crippen LogP contribution in [0, 0.1) is 11.3 Å². The molecule has 0 bridgehead atoms. The zero-order chi connectivity index (χ0) is 26.3. The Morgan fingerprint density at radius 3 is 2.00 bits per heavy atom. The van der Waals surface area contributed by atoms with Crippen LogP contribution in [0.2, 0.25) is 0 Å². The van der Waals surface area contributed by atoms with Crippen LogP contribution in [0.15, 0.2) is 139 Å². The van der Waals surface area contributed by atoms with Gasteiger partial charge in [0.1, 0.15) is 17.2 Å². The molecule has 34 heavy (non-hydrogen) atoms. The maximum atomic E-state index is 5.92. The maximum Gasteiger partial charge on any atom is 0.146 e. The van der Waals surface area contributed by atoms with Crippen LogP contribution in [0.25, 0.3) is 0 Å². The lowest BCUT2D eigenvalue weighted by Gasteiger charge is -2.25. The van der Waals surface area contributed by atoms with E-state index in [0.29, 0.717) is 17.2 Å². The Morgan fingerprint density at radius 2 is 1.47 bits per heavy atom. The molecule has 0 aliphatic heterocycles. The Hall–Kier alpha value is -3.39. The number of ether oxygens (including phenoxy) is 1. The number of nitrogens with zero attached hydrogens (tertiary/aromatic N) is 1. The second-order valence-electron chi connectivity index (χ2n) is 8.60. The van der Waals surface area contributed by atoms with Crippen molar-refractivity contribution in [3.63, 3.8) is 0 Å². The molecule has 1 atom stereocenters. The summed E-state index contributed by atoms with van der Waals surface area (Å²) in [5, 5.41) is 0. The molecule has 0 spiro atoms. The maximum absolute atomic E-state index is 5.92. The number of aliphatic imine (C=N–C) groups is 1. The standard InChI is InChI=1S/C32H43NO/c1-13-17-24(5)20-21-30(28(9)25(6)18-14-2)31(29(10)34-27(8)19-15-3)33-23-22-32(11,12)26(7)16-4/h13-23,26H,4-6,8,10H2,1-3,7,9,11-12H3/b17-13-,18-14-,19-15-,21-20-,23-22-,30-28+,33-31-. The molecule has 0 N–H and O–H groups in total. The van der Waals surface area contributed by atoms with E-state index in [0.717, 1.165) is 22.3 Å². The minimum atomic E-state index is -0.114. The van der Waals surface area contributed by atoms with Gasteiger partial charge in [0.15, 0.2) is 0 Å². The lowest BCUT2D eigenvalue weighted by Crippen LogP contribution is -2.16. The summed E-state index contributed by atoms with van der Waals surface area (Å²) in [6, 6.07) is 0. The van der Waals surface area contributed by atoms with Gasteiger partial charge in [-0.1, -0.05) is 102 Å². The molecule has 0 aliphatic carbocycles. The van der Waals surface area contributed by atoms with Gasteiger partial charge in [-0.05, 0) is 61.8 Å². The molecule has 182 valence electrons. The molecule has 0 amide bonds. The minimum Gasteiger partial charge on any atom is -0.456 e. The van der Waals surface area contributed by atoms with E-state index < -0.39 is 0 Å². The summed E-state index contributed by atoms with van der Waals surface area (Å²) in [7, 11) is 0. The van der Waals surface area contributed by atoms with Crippen molar-refractivity contribution >= 4 is 5.71 Å². The molecule has 0 fully saturated rings. The molecule has 0 saturated heterocycles. The highest BCUT2D eigenvalue weighted by Crippen LogP contribution is 2.29.